The number of methoxy groups -OCH3 is 1. The molecule has 0 atom stereocenters. The highest BCUT2D eigenvalue weighted by Crippen LogP contribution is 2.15. The molecule has 0 fully saturated rings. The van der Waals surface area contributed by atoms with Gasteiger partial charge in [-0.25, -0.2) is 0 Å². The van der Waals surface area contributed by atoms with Gasteiger partial charge in [-0.05, 0) is 24.1 Å². The first-order valence-electron chi connectivity index (χ1n) is 7.48. The highest BCUT2D eigenvalue weighted by Gasteiger charge is 2.21. The fourth-order valence-corrected chi connectivity index (χ4v) is 4.68. The van der Waals surface area contributed by atoms with Gasteiger partial charge in [-0.1, -0.05) is 78.9 Å². The Kier molecular flexibility index (Phi) is 5.40. The minimum Gasteiger partial charge on any atom is -0.497 e. The molecule has 0 unspecified atom stereocenters. The summed E-state index contributed by atoms with van der Waals surface area (Å²) in [5.74, 6) is 0.907. The Labute approximate surface area is 129 Å². The van der Waals surface area contributed by atoms with Gasteiger partial charge >= 0.3 is 0 Å². The molecular weight excluding hydrogens is 272 g/mol. The first-order chi connectivity index (χ1) is 10.1. The maximum atomic E-state index is 5.17. The van der Waals surface area contributed by atoms with E-state index in [1.807, 2.05) is 12.1 Å². The monoisotopic (exact) mass is 296 g/mol. The summed E-state index contributed by atoms with van der Waals surface area (Å²) in [6.07, 6.45) is 5.63. The molecule has 110 valence electrons. The third-order valence-electron chi connectivity index (χ3n) is 3.92. The zero-order valence-corrected chi connectivity index (χ0v) is 14.2. The topological polar surface area (TPSA) is 9.23 Å². The molecule has 0 amide bonds. The van der Waals surface area contributed by atoms with Crippen LogP contribution in [0, 0.1) is 0 Å². The first kappa shape index (κ1) is 15.6. The molecule has 2 heteroatoms. The van der Waals surface area contributed by atoms with Crippen molar-refractivity contribution in [2.24, 2.45) is 0 Å². The Morgan fingerprint density at radius 2 is 1.62 bits per heavy atom. The van der Waals surface area contributed by atoms with Crippen LogP contribution in [0.1, 0.15) is 12.0 Å². The molecule has 0 spiro atoms. The van der Waals surface area contributed by atoms with Crippen molar-refractivity contribution in [1.82, 2.24) is 0 Å². The summed E-state index contributed by atoms with van der Waals surface area (Å²) in [4.78, 5) is 0. The van der Waals surface area contributed by atoms with Crippen LogP contribution in [0.25, 0.3) is 6.08 Å². The second-order valence-corrected chi connectivity index (χ2v) is 10.8. The van der Waals surface area contributed by atoms with E-state index in [1.165, 1.54) is 11.6 Å². The van der Waals surface area contributed by atoms with Gasteiger partial charge in [0.2, 0.25) is 0 Å². The molecule has 2 aromatic carbocycles. The normalized spacial score (nSPS) is 11.8. The number of rotatable bonds is 6. The Bertz CT molecular complexity index is 570. The van der Waals surface area contributed by atoms with Crippen molar-refractivity contribution < 1.29 is 4.74 Å². The van der Waals surface area contributed by atoms with Gasteiger partial charge in [0.05, 0.1) is 15.2 Å². The summed E-state index contributed by atoms with van der Waals surface area (Å²) >= 11 is 0. The van der Waals surface area contributed by atoms with E-state index in [9.17, 15) is 0 Å². The van der Waals surface area contributed by atoms with E-state index in [0.29, 0.717) is 0 Å². The fraction of sp³-hybridized carbons (Fsp3) is 0.263. The highest BCUT2D eigenvalue weighted by atomic mass is 28.3. The maximum absolute atomic E-state index is 5.17. The van der Waals surface area contributed by atoms with Crippen LogP contribution >= 0.6 is 0 Å². The summed E-state index contributed by atoms with van der Waals surface area (Å²) in [7, 11) is 0.392. The second-order valence-electron chi connectivity index (χ2n) is 5.96. The number of hydrogen-bond donors (Lipinski definition) is 0. The Morgan fingerprint density at radius 3 is 2.24 bits per heavy atom. The van der Waals surface area contributed by atoms with Gasteiger partial charge in [0, 0.05) is 0 Å². The summed E-state index contributed by atoms with van der Waals surface area (Å²) < 4.78 is 5.17. The largest absolute Gasteiger partial charge is 0.497 e. The van der Waals surface area contributed by atoms with Gasteiger partial charge in [0.15, 0.2) is 0 Å². The Hall–Kier alpha value is -1.80. The van der Waals surface area contributed by atoms with Gasteiger partial charge in [-0.15, -0.1) is 0 Å². The summed E-state index contributed by atoms with van der Waals surface area (Å²) in [5.41, 5.74) is 1.23. The van der Waals surface area contributed by atoms with Crippen LogP contribution < -0.4 is 9.92 Å². The SMILES string of the molecule is COc1ccc(/C=C/CC[Si](C)(C)c2ccccc2)cc1. The molecule has 0 bridgehead atoms. The molecule has 2 rings (SSSR count). The summed E-state index contributed by atoms with van der Waals surface area (Å²) in [5, 5.41) is 1.54. The number of benzene rings is 2. The van der Waals surface area contributed by atoms with Crippen molar-refractivity contribution in [2.45, 2.75) is 25.6 Å². The Balaban J connectivity index is 1.89. The van der Waals surface area contributed by atoms with Gasteiger partial charge in [-0.2, -0.15) is 0 Å². The van der Waals surface area contributed by atoms with Crippen LogP contribution in [0.15, 0.2) is 60.7 Å². The molecule has 0 radical (unpaired) electrons. The average Bonchev–Trinajstić information content (AvgIpc) is 2.53. The lowest BCUT2D eigenvalue weighted by molar-refractivity contribution is 0.415. The quantitative estimate of drug-likeness (QED) is 0.701. The molecule has 0 heterocycles. The smallest absolute Gasteiger partial charge is 0.118 e. The van der Waals surface area contributed by atoms with Crippen LogP contribution in [-0.2, 0) is 0 Å². The lowest BCUT2D eigenvalue weighted by Crippen LogP contribution is -2.40. The second kappa shape index (κ2) is 7.28. The van der Waals surface area contributed by atoms with Gasteiger partial charge in [0.1, 0.15) is 5.75 Å². The van der Waals surface area contributed by atoms with Crippen LogP contribution in [0.2, 0.25) is 19.1 Å². The lowest BCUT2D eigenvalue weighted by Gasteiger charge is -2.22. The molecule has 0 saturated heterocycles. The molecule has 21 heavy (non-hydrogen) atoms. The summed E-state index contributed by atoms with van der Waals surface area (Å²) in [6, 6.07) is 20.4. The molecule has 2 aromatic rings. The number of hydrogen-bond acceptors (Lipinski definition) is 1. The average molecular weight is 296 g/mol. The number of allylic oxidation sites excluding steroid dienone is 1. The van der Waals surface area contributed by atoms with E-state index < -0.39 is 8.07 Å². The van der Waals surface area contributed by atoms with Crippen molar-refractivity contribution in [3.8, 4) is 5.75 Å². The van der Waals surface area contributed by atoms with E-state index in [2.05, 4.69) is 67.7 Å². The van der Waals surface area contributed by atoms with E-state index in [1.54, 1.807) is 12.3 Å². The fourth-order valence-electron chi connectivity index (χ4n) is 2.41. The first-order valence-corrected chi connectivity index (χ1v) is 10.7. The minimum absolute atomic E-state index is 0.907. The van der Waals surface area contributed by atoms with Crippen LogP contribution in [0.3, 0.4) is 0 Å². The van der Waals surface area contributed by atoms with Gasteiger partial charge in [0.25, 0.3) is 0 Å². The Morgan fingerprint density at radius 1 is 0.952 bits per heavy atom. The third kappa shape index (κ3) is 4.61. The highest BCUT2D eigenvalue weighted by molar-refractivity contribution is 6.89. The summed E-state index contributed by atoms with van der Waals surface area (Å²) in [6.45, 7) is 4.90. The lowest BCUT2D eigenvalue weighted by atomic mass is 10.2. The van der Waals surface area contributed by atoms with Gasteiger partial charge < -0.3 is 4.74 Å². The zero-order valence-electron chi connectivity index (χ0n) is 13.2. The maximum Gasteiger partial charge on any atom is 0.118 e. The van der Waals surface area contributed by atoms with Crippen molar-refractivity contribution in [2.75, 3.05) is 7.11 Å². The number of ether oxygens (including phenoxy) is 1. The third-order valence-corrected chi connectivity index (χ3v) is 7.35. The van der Waals surface area contributed by atoms with Crippen LogP contribution in [-0.4, -0.2) is 15.2 Å². The predicted octanol–water partition coefficient (Wildman–Crippen LogP) is 4.71. The zero-order chi connectivity index (χ0) is 15.1. The minimum atomic E-state index is -1.30. The molecule has 0 aliphatic rings. The van der Waals surface area contributed by atoms with Crippen molar-refractivity contribution in [1.29, 1.82) is 0 Å². The van der Waals surface area contributed by atoms with Crippen LogP contribution in [0.5, 0.6) is 5.75 Å². The van der Waals surface area contributed by atoms with E-state index in [4.69, 9.17) is 4.74 Å². The molecule has 1 nitrogen and oxygen atoms in total. The molecule has 0 aliphatic carbocycles. The van der Waals surface area contributed by atoms with Crippen molar-refractivity contribution in [3.05, 3.63) is 66.2 Å². The molecule has 0 N–H and O–H groups in total. The predicted molar refractivity (Wildman–Crippen MR) is 95.0 cm³/mol. The molecule has 0 aromatic heterocycles. The van der Waals surface area contributed by atoms with Crippen LogP contribution in [0.4, 0.5) is 0 Å². The van der Waals surface area contributed by atoms with Crippen molar-refractivity contribution in [3.63, 3.8) is 0 Å². The standard InChI is InChI=1S/C19H24OSi/c1-20-18-14-12-17(13-15-18)9-7-8-16-21(2,3)19-10-5-4-6-11-19/h4-7,9-15H,8,16H2,1-3H3/b9-7+. The van der Waals surface area contributed by atoms with Crippen molar-refractivity contribution >= 4 is 19.3 Å². The van der Waals surface area contributed by atoms with E-state index >= 15 is 0 Å². The van der Waals surface area contributed by atoms with E-state index in [0.717, 1.165) is 12.2 Å². The van der Waals surface area contributed by atoms with Gasteiger partial charge in [-0.3, -0.25) is 0 Å². The molecule has 0 aliphatic heterocycles. The molecular formula is C19H24OSi. The molecule has 0 saturated carbocycles. The van der Waals surface area contributed by atoms with E-state index in [-0.39, 0.29) is 0 Å².